The molecule has 0 saturated carbocycles. The molecule has 1 aliphatic heterocycles. The number of hydrogen-bond acceptors (Lipinski definition) is 3. The molecule has 0 aromatic heterocycles. The fourth-order valence-corrected chi connectivity index (χ4v) is 3.61. The van der Waals surface area contributed by atoms with E-state index in [0.717, 1.165) is 19.3 Å². The summed E-state index contributed by atoms with van der Waals surface area (Å²) in [7, 11) is -3.52. The maximum Gasteiger partial charge on any atom is 0.301 e. The first kappa shape index (κ1) is 16.1. The van der Waals surface area contributed by atoms with Crippen LogP contribution < -0.4 is 10.5 Å². The lowest BCUT2D eigenvalue weighted by Gasteiger charge is -2.26. The van der Waals surface area contributed by atoms with Gasteiger partial charge in [-0.05, 0) is 31.0 Å². The van der Waals surface area contributed by atoms with E-state index in [4.69, 9.17) is 17.3 Å². The zero-order valence-corrected chi connectivity index (χ0v) is 13.2. The van der Waals surface area contributed by atoms with E-state index in [1.807, 2.05) is 0 Å². The first-order valence-corrected chi connectivity index (χ1v) is 8.61. The Hall–Kier alpha value is -1.26. The van der Waals surface area contributed by atoms with Gasteiger partial charge in [0, 0.05) is 18.7 Å². The van der Waals surface area contributed by atoms with E-state index >= 15 is 0 Å². The lowest BCUT2D eigenvalue weighted by Crippen LogP contribution is -2.39. The van der Waals surface area contributed by atoms with E-state index < -0.39 is 10.2 Å². The Bertz CT molecular complexity index is 659. The summed E-state index contributed by atoms with van der Waals surface area (Å²) in [6.45, 7) is 1.34. The van der Waals surface area contributed by atoms with Gasteiger partial charge in [0.05, 0.1) is 17.3 Å². The molecule has 1 aromatic carbocycles. The first-order valence-electron chi connectivity index (χ1n) is 6.79. The molecule has 2 rings (SSSR count). The van der Waals surface area contributed by atoms with Gasteiger partial charge >= 0.3 is 10.2 Å². The molecule has 0 amide bonds. The van der Waals surface area contributed by atoms with Gasteiger partial charge in [-0.3, -0.25) is 4.72 Å². The molecule has 0 bridgehead atoms. The predicted octanol–water partition coefficient (Wildman–Crippen LogP) is 1.79. The fourth-order valence-electron chi connectivity index (χ4n) is 2.15. The van der Waals surface area contributed by atoms with E-state index in [-0.39, 0.29) is 6.54 Å². The van der Waals surface area contributed by atoms with Crippen LogP contribution in [0, 0.1) is 11.8 Å². The highest BCUT2D eigenvalue weighted by Crippen LogP contribution is 2.22. The number of benzene rings is 1. The van der Waals surface area contributed by atoms with Crippen LogP contribution in [0.25, 0.3) is 0 Å². The number of nitrogens with one attached hydrogen (secondary N) is 1. The van der Waals surface area contributed by atoms with E-state index in [1.165, 1.54) is 4.31 Å². The molecular formula is C14H18ClN3O2S. The summed E-state index contributed by atoms with van der Waals surface area (Å²) in [5.74, 6) is 5.53. The Morgan fingerprint density at radius 3 is 2.67 bits per heavy atom. The molecule has 1 aliphatic rings. The second kappa shape index (κ2) is 7.14. The molecule has 1 aromatic rings. The minimum atomic E-state index is -3.52. The Morgan fingerprint density at radius 2 is 2.00 bits per heavy atom. The van der Waals surface area contributed by atoms with Crippen molar-refractivity contribution >= 4 is 27.5 Å². The van der Waals surface area contributed by atoms with Crippen LogP contribution in [-0.4, -0.2) is 32.4 Å². The predicted molar refractivity (Wildman–Crippen MR) is 85.4 cm³/mol. The normalized spacial score (nSPS) is 16.1. The molecule has 7 heteroatoms. The molecule has 0 radical (unpaired) electrons. The second-order valence-corrected chi connectivity index (χ2v) is 6.85. The van der Waals surface area contributed by atoms with Crippen molar-refractivity contribution in [2.24, 2.45) is 5.73 Å². The number of anilines is 1. The van der Waals surface area contributed by atoms with Gasteiger partial charge in [-0.2, -0.15) is 12.7 Å². The molecule has 3 N–H and O–H groups in total. The highest BCUT2D eigenvalue weighted by Gasteiger charge is 2.23. The Morgan fingerprint density at radius 1 is 1.29 bits per heavy atom. The minimum Gasteiger partial charge on any atom is -0.320 e. The van der Waals surface area contributed by atoms with Gasteiger partial charge in [0.25, 0.3) is 0 Å². The Kier molecular flexibility index (Phi) is 5.48. The Labute approximate surface area is 130 Å². The number of piperidine rings is 1. The number of nitrogens with zero attached hydrogens (tertiary/aromatic N) is 1. The monoisotopic (exact) mass is 327 g/mol. The molecule has 0 aliphatic carbocycles. The number of rotatable bonds is 3. The summed E-state index contributed by atoms with van der Waals surface area (Å²) in [6, 6.07) is 4.86. The van der Waals surface area contributed by atoms with E-state index in [2.05, 4.69) is 16.6 Å². The average Bonchev–Trinajstić information content (AvgIpc) is 2.48. The highest BCUT2D eigenvalue weighted by molar-refractivity contribution is 7.90. The SMILES string of the molecule is NCC#Cc1cc(NS(=O)(=O)N2CCCCC2)ccc1Cl. The van der Waals surface area contributed by atoms with Crippen LogP contribution in [0.4, 0.5) is 5.69 Å². The lowest BCUT2D eigenvalue weighted by molar-refractivity contribution is 0.349. The minimum absolute atomic E-state index is 0.222. The van der Waals surface area contributed by atoms with Crippen molar-refractivity contribution in [1.82, 2.24) is 4.31 Å². The molecule has 0 spiro atoms. The van der Waals surface area contributed by atoms with Crippen LogP contribution in [0.1, 0.15) is 24.8 Å². The standard InChI is InChI=1S/C14H18ClN3O2S/c15-14-7-6-13(11-12(14)5-4-8-16)17-21(19,20)18-9-2-1-3-10-18/h6-7,11,17H,1-3,8-10,16H2. The van der Waals surface area contributed by atoms with Crippen LogP contribution in [0.2, 0.25) is 5.02 Å². The summed E-state index contributed by atoms with van der Waals surface area (Å²) in [4.78, 5) is 0. The molecule has 21 heavy (non-hydrogen) atoms. The molecular weight excluding hydrogens is 310 g/mol. The second-order valence-electron chi connectivity index (χ2n) is 4.77. The summed E-state index contributed by atoms with van der Waals surface area (Å²) in [5.41, 5.74) is 6.34. The van der Waals surface area contributed by atoms with Crippen LogP contribution in [-0.2, 0) is 10.2 Å². The van der Waals surface area contributed by atoms with Crippen LogP contribution in [0.3, 0.4) is 0 Å². The molecule has 5 nitrogen and oxygen atoms in total. The molecule has 114 valence electrons. The van der Waals surface area contributed by atoms with Crippen molar-refractivity contribution in [3.05, 3.63) is 28.8 Å². The third-order valence-corrected chi connectivity index (χ3v) is 5.06. The number of halogens is 1. The van der Waals surface area contributed by atoms with Gasteiger partial charge in [-0.15, -0.1) is 0 Å². The van der Waals surface area contributed by atoms with Crippen LogP contribution in [0.15, 0.2) is 18.2 Å². The summed E-state index contributed by atoms with van der Waals surface area (Å²) >= 11 is 6.02. The van der Waals surface area contributed by atoms with Gasteiger partial charge in [-0.1, -0.05) is 29.9 Å². The lowest BCUT2D eigenvalue weighted by atomic mass is 10.2. The molecule has 1 saturated heterocycles. The van der Waals surface area contributed by atoms with E-state index in [1.54, 1.807) is 18.2 Å². The third-order valence-electron chi connectivity index (χ3n) is 3.19. The van der Waals surface area contributed by atoms with Gasteiger partial charge in [0.2, 0.25) is 0 Å². The van der Waals surface area contributed by atoms with E-state index in [9.17, 15) is 8.42 Å². The molecule has 0 unspecified atom stereocenters. The van der Waals surface area contributed by atoms with Crippen LogP contribution in [0.5, 0.6) is 0 Å². The van der Waals surface area contributed by atoms with Crippen molar-refractivity contribution in [3.8, 4) is 11.8 Å². The van der Waals surface area contributed by atoms with Gasteiger partial charge in [0.1, 0.15) is 0 Å². The molecule has 1 heterocycles. The van der Waals surface area contributed by atoms with Gasteiger partial charge in [0.15, 0.2) is 0 Å². The fraction of sp³-hybridized carbons (Fsp3) is 0.429. The highest BCUT2D eigenvalue weighted by atomic mass is 35.5. The summed E-state index contributed by atoms with van der Waals surface area (Å²) < 4.78 is 28.6. The maximum atomic E-state index is 12.3. The van der Waals surface area contributed by atoms with Gasteiger partial charge < -0.3 is 5.73 Å². The zero-order chi connectivity index (χ0) is 15.3. The largest absolute Gasteiger partial charge is 0.320 e. The van der Waals surface area contributed by atoms with Crippen LogP contribution >= 0.6 is 11.6 Å². The molecule has 1 fully saturated rings. The summed E-state index contributed by atoms with van der Waals surface area (Å²) in [6.07, 6.45) is 2.87. The number of nitrogens with two attached hydrogens (primary N) is 1. The van der Waals surface area contributed by atoms with Crippen molar-refractivity contribution in [1.29, 1.82) is 0 Å². The maximum absolute atomic E-state index is 12.3. The topological polar surface area (TPSA) is 75.4 Å². The first-order chi connectivity index (χ1) is 10.0. The van der Waals surface area contributed by atoms with Crippen molar-refractivity contribution < 1.29 is 8.42 Å². The van der Waals surface area contributed by atoms with E-state index in [0.29, 0.717) is 29.4 Å². The number of hydrogen-bond donors (Lipinski definition) is 2. The van der Waals surface area contributed by atoms with Crippen molar-refractivity contribution in [3.63, 3.8) is 0 Å². The quantitative estimate of drug-likeness (QED) is 0.831. The zero-order valence-electron chi connectivity index (χ0n) is 11.6. The molecule has 0 atom stereocenters. The van der Waals surface area contributed by atoms with Gasteiger partial charge in [-0.25, -0.2) is 0 Å². The Balaban J connectivity index is 2.18. The third kappa shape index (κ3) is 4.35. The smallest absolute Gasteiger partial charge is 0.301 e. The van der Waals surface area contributed by atoms with Crippen molar-refractivity contribution in [2.45, 2.75) is 19.3 Å². The average molecular weight is 328 g/mol. The van der Waals surface area contributed by atoms with Crippen molar-refractivity contribution in [2.75, 3.05) is 24.4 Å². The summed E-state index contributed by atoms with van der Waals surface area (Å²) in [5, 5.41) is 0.469.